The summed E-state index contributed by atoms with van der Waals surface area (Å²) >= 11 is 1.62. The molecule has 0 spiro atoms. The topological polar surface area (TPSA) is 55.3 Å². The molecule has 0 bridgehead atoms. The first-order valence-corrected chi connectivity index (χ1v) is 7.18. The number of ether oxygens (including phenoxy) is 1. The Kier molecular flexibility index (Phi) is 3.33. The van der Waals surface area contributed by atoms with Crippen molar-refractivity contribution in [1.29, 1.82) is 0 Å². The highest BCUT2D eigenvalue weighted by Crippen LogP contribution is 2.29. The van der Waals surface area contributed by atoms with E-state index in [-0.39, 0.29) is 11.9 Å². The molecule has 0 aliphatic carbocycles. The normalized spacial score (nSPS) is 16.8. The molecule has 1 aliphatic rings. The van der Waals surface area contributed by atoms with E-state index in [0.29, 0.717) is 0 Å². The lowest BCUT2D eigenvalue weighted by Crippen LogP contribution is -2.37. The number of methoxy groups -OCH3 is 1. The van der Waals surface area contributed by atoms with Gasteiger partial charge in [0.05, 0.1) is 18.4 Å². The Morgan fingerprint density at radius 1 is 1.42 bits per heavy atom. The van der Waals surface area contributed by atoms with Crippen LogP contribution in [0.2, 0.25) is 0 Å². The van der Waals surface area contributed by atoms with Gasteiger partial charge in [-0.1, -0.05) is 0 Å². The van der Waals surface area contributed by atoms with Gasteiger partial charge in [-0.25, -0.2) is 9.97 Å². The minimum Gasteiger partial charge on any atom is -0.469 e. The summed E-state index contributed by atoms with van der Waals surface area (Å²) in [6.07, 6.45) is 3.26. The summed E-state index contributed by atoms with van der Waals surface area (Å²) in [5.74, 6) is 0.915. The largest absolute Gasteiger partial charge is 0.469 e. The van der Waals surface area contributed by atoms with Crippen molar-refractivity contribution in [3.05, 3.63) is 17.8 Å². The highest BCUT2D eigenvalue weighted by Gasteiger charge is 2.26. The van der Waals surface area contributed by atoms with Crippen LogP contribution in [-0.4, -0.2) is 36.1 Å². The lowest BCUT2D eigenvalue weighted by Gasteiger charge is -2.31. The fourth-order valence-corrected chi connectivity index (χ4v) is 3.25. The standard InChI is InChI=1S/C13H15N3O2S/c1-18-13(17)9-2-5-16(6-3-9)11-10-4-7-19-12(10)15-8-14-11/h4,7-9H,2-3,5-6H2,1H3. The Balaban J connectivity index is 1.78. The number of esters is 1. The number of rotatable bonds is 2. The van der Waals surface area contributed by atoms with E-state index in [0.717, 1.165) is 42.0 Å². The molecule has 3 rings (SSSR count). The average Bonchev–Trinajstić information content (AvgIpc) is 2.95. The zero-order valence-electron chi connectivity index (χ0n) is 10.7. The van der Waals surface area contributed by atoms with Crippen LogP contribution in [-0.2, 0) is 9.53 Å². The predicted molar refractivity (Wildman–Crippen MR) is 74.4 cm³/mol. The Labute approximate surface area is 115 Å². The van der Waals surface area contributed by atoms with Crippen molar-refractivity contribution in [3.8, 4) is 0 Å². The number of carbonyl (C=O) groups excluding carboxylic acids is 1. The van der Waals surface area contributed by atoms with Crippen molar-refractivity contribution >= 4 is 33.3 Å². The van der Waals surface area contributed by atoms with Crippen molar-refractivity contribution < 1.29 is 9.53 Å². The predicted octanol–water partition coefficient (Wildman–Crippen LogP) is 2.08. The summed E-state index contributed by atoms with van der Waals surface area (Å²) in [5.41, 5.74) is 0. The van der Waals surface area contributed by atoms with E-state index in [2.05, 4.69) is 20.9 Å². The number of aromatic nitrogens is 2. The summed E-state index contributed by atoms with van der Waals surface area (Å²) in [5, 5.41) is 3.13. The molecule has 1 saturated heterocycles. The molecule has 0 N–H and O–H groups in total. The highest BCUT2D eigenvalue weighted by atomic mass is 32.1. The first kappa shape index (κ1) is 12.3. The van der Waals surface area contributed by atoms with E-state index >= 15 is 0 Å². The third-order valence-electron chi connectivity index (χ3n) is 3.57. The maximum Gasteiger partial charge on any atom is 0.308 e. The van der Waals surface area contributed by atoms with Gasteiger partial charge in [0.25, 0.3) is 0 Å². The molecular weight excluding hydrogens is 262 g/mol. The summed E-state index contributed by atoms with van der Waals surface area (Å²) in [7, 11) is 1.45. The van der Waals surface area contributed by atoms with Crippen molar-refractivity contribution in [2.45, 2.75) is 12.8 Å². The van der Waals surface area contributed by atoms with Gasteiger partial charge < -0.3 is 9.64 Å². The van der Waals surface area contributed by atoms with Gasteiger partial charge in [0, 0.05) is 13.1 Å². The van der Waals surface area contributed by atoms with Crippen molar-refractivity contribution in [2.24, 2.45) is 5.92 Å². The van der Waals surface area contributed by atoms with Crippen LogP contribution in [0.25, 0.3) is 10.2 Å². The van der Waals surface area contributed by atoms with E-state index in [1.54, 1.807) is 17.7 Å². The molecule has 0 amide bonds. The maximum absolute atomic E-state index is 11.5. The SMILES string of the molecule is COC(=O)C1CCN(c2ncnc3sccc23)CC1. The van der Waals surface area contributed by atoms with Crippen LogP contribution >= 0.6 is 11.3 Å². The lowest BCUT2D eigenvalue weighted by molar-refractivity contribution is -0.146. The number of carbonyl (C=O) groups is 1. The summed E-state index contributed by atoms with van der Waals surface area (Å²) < 4.78 is 4.81. The van der Waals surface area contributed by atoms with E-state index in [1.165, 1.54) is 7.11 Å². The van der Waals surface area contributed by atoms with Crippen LogP contribution in [0, 0.1) is 5.92 Å². The molecule has 1 fully saturated rings. The first-order chi connectivity index (χ1) is 9.29. The molecule has 2 aromatic rings. The lowest BCUT2D eigenvalue weighted by atomic mass is 9.97. The maximum atomic E-state index is 11.5. The van der Waals surface area contributed by atoms with Crippen LogP contribution < -0.4 is 4.90 Å². The number of anilines is 1. The molecule has 2 aromatic heterocycles. The second-order valence-corrected chi connectivity index (χ2v) is 5.52. The number of hydrogen-bond acceptors (Lipinski definition) is 6. The molecule has 0 unspecified atom stereocenters. The molecule has 0 saturated carbocycles. The minimum atomic E-state index is -0.0944. The monoisotopic (exact) mass is 277 g/mol. The van der Waals surface area contributed by atoms with Crippen molar-refractivity contribution in [3.63, 3.8) is 0 Å². The molecule has 0 aromatic carbocycles. The van der Waals surface area contributed by atoms with Crippen LogP contribution in [0.1, 0.15) is 12.8 Å². The second-order valence-electron chi connectivity index (χ2n) is 4.62. The van der Waals surface area contributed by atoms with Crippen LogP contribution in [0.4, 0.5) is 5.82 Å². The number of fused-ring (bicyclic) bond motifs is 1. The summed E-state index contributed by atoms with van der Waals surface area (Å²) in [6.45, 7) is 1.67. The Morgan fingerprint density at radius 3 is 2.95 bits per heavy atom. The minimum absolute atomic E-state index is 0.0288. The molecule has 6 heteroatoms. The van der Waals surface area contributed by atoms with Gasteiger partial charge in [0.15, 0.2) is 0 Å². The van der Waals surface area contributed by atoms with Gasteiger partial charge in [0.2, 0.25) is 0 Å². The number of hydrogen-bond donors (Lipinski definition) is 0. The summed E-state index contributed by atoms with van der Waals surface area (Å²) in [4.78, 5) is 23.4. The smallest absolute Gasteiger partial charge is 0.308 e. The average molecular weight is 277 g/mol. The number of nitrogens with zero attached hydrogens (tertiary/aromatic N) is 3. The Hall–Kier alpha value is -1.69. The van der Waals surface area contributed by atoms with Crippen LogP contribution in [0.5, 0.6) is 0 Å². The van der Waals surface area contributed by atoms with Gasteiger partial charge in [-0.05, 0) is 24.3 Å². The van der Waals surface area contributed by atoms with Gasteiger partial charge in [0.1, 0.15) is 17.0 Å². The molecule has 3 heterocycles. The van der Waals surface area contributed by atoms with E-state index < -0.39 is 0 Å². The molecule has 100 valence electrons. The molecule has 1 aliphatic heterocycles. The molecule has 5 nitrogen and oxygen atoms in total. The first-order valence-electron chi connectivity index (χ1n) is 6.30. The summed E-state index contributed by atoms with van der Waals surface area (Å²) in [6, 6.07) is 2.06. The fraction of sp³-hybridized carbons (Fsp3) is 0.462. The molecule has 0 radical (unpaired) electrons. The fourth-order valence-electron chi connectivity index (χ4n) is 2.52. The van der Waals surface area contributed by atoms with E-state index in [9.17, 15) is 4.79 Å². The Bertz CT molecular complexity index is 590. The van der Waals surface area contributed by atoms with Gasteiger partial charge in [-0.15, -0.1) is 11.3 Å². The Morgan fingerprint density at radius 2 is 2.21 bits per heavy atom. The van der Waals surface area contributed by atoms with Gasteiger partial charge >= 0.3 is 5.97 Å². The molecule has 19 heavy (non-hydrogen) atoms. The quantitative estimate of drug-likeness (QED) is 0.787. The van der Waals surface area contributed by atoms with E-state index in [4.69, 9.17) is 4.74 Å². The second kappa shape index (κ2) is 5.13. The zero-order chi connectivity index (χ0) is 13.2. The van der Waals surface area contributed by atoms with Crippen molar-refractivity contribution in [2.75, 3.05) is 25.1 Å². The zero-order valence-corrected chi connectivity index (χ0v) is 11.5. The van der Waals surface area contributed by atoms with Crippen LogP contribution in [0.3, 0.4) is 0 Å². The third kappa shape index (κ3) is 2.28. The highest BCUT2D eigenvalue weighted by molar-refractivity contribution is 7.16. The molecular formula is C13H15N3O2S. The third-order valence-corrected chi connectivity index (χ3v) is 4.39. The number of thiophene rings is 1. The number of piperidine rings is 1. The van der Waals surface area contributed by atoms with Crippen LogP contribution in [0.15, 0.2) is 17.8 Å². The van der Waals surface area contributed by atoms with Crippen molar-refractivity contribution in [1.82, 2.24) is 9.97 Å². The van der Waals surface area contributed by atoms with Gasteiger partial charge in [-0.3, -0.25) is 4.79 Å². The van der Waals surface area contributed by atoms with Gasteiger partial charge in [-0.2, -0.15) is 0 Å². The van der Waals surface area contributed by atoms with E-state index in [1.807, 2.05) is 5.38 Å². The molecule has 0 atom stereocenters.